The van der Waals surface area contributed by atoms with Gasteiger partial charge in [0.25, 0.3) is 0 Å². The minimum Gasteiger partial charge on any atom is -0.243 e. The number of rotatable bonds is 7. The second kappa shape index (κ2) is 12.8. The summed E-state index contributed by atoms with van der Waals surface area (Å²) in [5.74, 6) is 0. The zero-order chi connectivity index (χ0) is 32.6. The van der Waals surface area contributed by atoms with Crippen LogP contribution in [0.1, 0.15) is 33.4 Å². The molecule has 48 heavy (non-hydrogen) atoms. The molecule has 2 aliphatic heterocycles. The van der Waals surface area contributed by atoms with E-state index in [4.69, 9.17) is 20.0 Å². The van der Waals surface area contributed by atoms with E-state index < -0.39 is 11.3 Å². The van der Waals surface area contributed by atoms with E-state index in [2.05, 4.69) is 191 Å². The minimum absolute atomic E-state index is 0.812. The molecule has 0 N–H and O–H groups in total. The number of aliphatic imine (C=N–C) groups is 4. The standard InChI is InChI=1S/C42H28I2N4/c43-35-27-15-13-25-33(35)41(45-37(29-17-5-1-6-18-29)38(46-41)30-19-7-2-8-20-30)42(34-26-14-16-28-36(34)44)47-39(31-21-9-3-10-22-31)40(48-42)32-23-11-4-12-24-32/h1-28H. The van der Waals surface area contributed by atoms with Gasteiger partial charge in [-0.1, -0.05) is 158 Å². The zero-order valence-corrected chi connectivity index (χ0v) is 30.0. The lowest BCUT2D eigenvalue weighted by molar-refractivity contribution is 0.254. The molecule has 4 nitrogen and oxygen atoms in total. The highest BCUT2D eigenvalue weighted by Gasteiger charge is 2.61. The van der Waals surface area contributed by atoms with Crippen LogP contribution < -0.4 is 0 Å². The van der Waals surface area contributed by atoms with Gasteiger partial charge >= 0.3 is 0 Å². The SMILES string of the molecule is Ic1ccccc1C1(C2(c3ccccc3I)N=C(c3ccccc3)C(c3ccccc3)=N2)N=C(c2ccccc2)C(c2ccccc2)=N1. The summed E-state index contributed by atoms with van der Waals surface area (Å²) < 4.78 is 2.07. The lowest BCUT2D eigenvalue weighted by Crippen LogP contribution is -2.44. The molecular formula is C42H28I2N4. The number of halogens is 2. The Morgan fingerprint density at radius 2 is 0.521 bits per heavy atom. The Morgan fingerprint density at radius 3 is 0.771 bits per heavy atom. The van der Waals surface area contributed by atoms with Gasteiger partial charge in [-0.05, 0) is 57.3 Å². The van der Waals surface area contributed by atoms with Crippen molar-refractivity contribution in [3.8, 4) is 0 Å². The molecule has 0 saturated heterocycles. The molecule has 6 heteroatoms. The fraction of sp³-hybridized carbons (Fsp3) is 0.0476. The first-order valence-corrected chi connectivity index (χ1v) is 17.9. The summed E-state index contributed by atoms with van der Waals surface area (Å²) in [5.41, 5.74) is 6.50. The molecule has 0 radical (unpaired) electrons. The van der Waals surface area contributed by atoms with Gasteiger partial charge in [-0.25, -0.2) is 20.0 Å². The molecule has 0 bridgehead atoms. The van der Waals surface area contributed by atoms with Crippen LogP contribution in [0.3, 0.4) is 0 Å². The van der Waals surface area contributed by atoms with Crippen molar-refractivity contribution in [3.05, 3.63) is 210 Å². The van der Waals surface area contributed by atoms with Crippen LogP contribution >= 0.6 is 45.2 Å². The molecule has 0 aliphatic carbocycles. The van der Waals surface area contributed by atoms with Crippen molar-refractivity contribution < 1.29 is 0 Å². The molecule has 0 fully saturated rings. The molecule has 6 aromatic carbocycles. The third-order valence-corrected chi connectivity index (χ3v) is 10.6. The Labute approximate surface area is 307 Å². The van der Waals surface area contributed by atoms with E-state index in [1.54, 1.807) is 0 Å². The Bertz CT molecular complexity index is 1970. The third-order valence-electron chi connectivity index (χ3n) is 8.72. The maximum atomic E-state index is 5.80. The molecule has 2 aliphatic rings. The molecule has 0 saturated carbocycles. The lowest BCUT2D eigenvalue weighted by atomic mass is 9.82. The van der Waals surface area contributed by atoms with Crippen LogP contribution in [0.5, 0.6) is 0 Å². The lowest BCUT2D eigenvalue weighted by Gasteiger charge is -2.39. The fourth-order valence-corrected chi connectivity index (χ4v) is 8.04. The first-order valence-electron chi connectivity index (χ1n) is 15.7. The van der Waals surface area contributed by atoms with Gasteiger partial charge in [0.1, 0.15) is 0 Å². The molecule has 230 valence electrons. The van der Waals surface area contributed by atoms with Crippen molar-refractivity contribution in [2.75, 3.05) is 0 Å². The summed E-state index contributed by atoms with van der Waals surface area (Å²) in [5, 5.41) is 0. The van der Waals surface area contributed by atoms with Crippen molar-refractivity contribution in [2.24, 2.45) is 20.0 Å². The summed E-state index contributed by atoms with van der Waals surface area (Å²) in [7, 11) is 0. The van der Waals surface area contributed by atoms with Crippen LogP contribution in [-0.4, -0.2) is 22.8 Å². The molecular weight excluding hydrogens is 814 g/mol. The van der Waals surface area contributed by atoms with Crippen molar-refractivity contribution in [1.82, 2.24) is 0 Å². The van der Waals surface area contributed by atoms with Crippen LogP contribution in [0, 0.1) is 7.14 Å². The second-order valence-corrected chi connectivity index (χ2v) is 13.9. The quantitative estimate of drug-likeness (QED) is 0.144. The first-order chi connectivity index (χ1) is 23.6. The van der Waals surface area contributed by atoms with Gasteiger partial charge in [-0.3, -0.25) is 0 Å². The van der Waals surface area contributed by atoms with E-state index in [9.17, 15) is 0 Å². The number of hydrogen-bond donors (Lipinski definition) is 0. The monoisotopic (exact) mass is 842 g/mol. The molecule has 2 heterocycles. The van der Waals surface area contributed by atoms with Crippen LogP contribution in [0.4, 0.5) is 0 Å². The van der Waals surface area contributed by atoms with E-state index in [0.29, 0.717) is 0 Å². The Balaban J connectivity index is 1.56. The van der Waals surface area contributed by atoms with Gasteiger partial charge in [-0.15, -0.1) is 0 Å². The normalized spacial score (nSPS) is 16.1. The van der Waals surface area contributed by atoms with E-state index in [1.807, 2.05) is 24.3 Å². The summed E-state index contributed by atoms with van der Waals surface area (Å²) in [4.78, 5) is 23.2. The molecule has 0 aromatic heterocycles. The van der Waals surface area contributed by atoms with E-state index in [-0.39, 0.29) is 0 Å². The van der Waals surface area contributed by atoms with Gasteiger partial charge in [0.2, 0.25) is 11.3 Å². The largest absolute Gasteiger partial charge is 0.243 e. The molecule has 6 aromatic rings. The summed E-state index contributed by atoms with van der Waals surface area (Å²) in [6, 6.07) is 58.1. The van der Waals surface area contributed by atoms with Crippen molar-refractivity contribution in [3.63, 3.8) is 0 Å². The highest BCUT2D eigenvalue weighted by atomic mass is 127. The summed E-state index contributed by atoms with van der Waals surface area (Å²) >= 11 is 4.84. The Kier molecular flexibility index (Phi) is 8.22. The summed E-state index contributed by atoms with van der Waals surface area (Å²) in [6.07, 6.45) is 0. The molecule has 0 spiro atoms. The molecule has 0 unspecified atom stereocenters. The summed E-state index contributed by atoms with van der Waals surface area (Å²) in [6.45, 7) is 0. The van der Waals surface area contributed by atoms with Gasteiger partial charge in [0.05, 0.1) is 22.8 Å². The van der Waals surface area contributed by atoms with Crippen LogP contribution in [-0.2, 0) is 11.3 Å². The highest BCUT2D eigenvalue weighted by Crippen LogP contribution is 2.56. The van der Waals surface area contributed by atoms with Crippen LogP contribution in [0.15, 0.2) is 190 Å². The Hall–Kier alpha value is -4.54. The van der Waals surface area contributed by atoms with E-state index in [1.165, 1.54) is 0 Å². The van der Waals surface area contributed by atoms with Crippen molar-refractivity contribution in [1.29, 1.82) is 0 Å². The van der Waals surface area contributed by atoms with Crippen LogP contribution in [0.25, 0.3) is 0 Å². The smallest absolute Gasteiger partial charge is 0.227 e. The minimum atomic E-state index is -1.29. The van der Waals surface area contributed by atoms with Gasteiger partial charge < -0.3 is 0 Å². The second-order valence-electron chi connectivity index (χ2n) is 11.6. The maximum absolute atomic E-state index is 5.80. The third kappa shape index (κ3) is 5.18. The Morgan fingerprint density at radius 1 is 0.292 bits per heavy atom. The van der Waals surface area contributed by atoms with Gasteiger partial charge in [-0.2, -0.15) is 0 Å². The topological polar surface area (TPSA) is 49.4 Å². The number of benzene rings is 6. The predicted molar refractivity (Wildman–Crippen MR) is 214 cm³/mol. The number of nitrogens with zero attached hydrogens (tertiary/aromatic N) is 4. The number of hydrogen-bond acceptors (Lipinski definition) is 4. The average molecular weight is 843 g/mol. The zero-order valence-electron chi connectivity index (χ0n) is 25.7. The van der Waals surface area contributed by atoms with Gasteiger partial charge in [0, 0.05) is 40.5 Å². The molecule has 0 amide bonds. The molecule has 8 rings (SSSR count). The first kappa shape index (κ1) is 30.8. The van der Waals surface area contributed by atoms with E-state index in [0.717, 1.165) is 63.4 Å². The molecule has 0 atom stereocenters. The van der Waals surface area contributed by atoms with Crippen molar-refractivity contribution in [2.45, 2.75) is 11.3 Å². The highest BCUT2D eigenvalue weighted by molar-refractivity contribution is 14.1. The fourth-order valence-electron chi connectivity index (χ4n) is 6.51. The van der Waals surface area contributed by atoms with Gasteiger partial charge in [0.15, 0.2) is 0 Å². The predicted octanol–water partition coefficient (Wildman–Crippen LogP) is 9.89. The van der Waals surface area contributed by atoms with E-state index >= 15 is 0 Å². The van der Waals surface area contributed by atoms with Crippen molar-refractivity contribution >= 4 is 68.0 Å². The van der Waals surface area contributed by atoms with Crippen LogP contribution in [0.2, 0.25) is 0 Å². The average Bonchev–Trinajstić information content (AvgIpc) is 3.76. The maximum Gasteiger partial charge on any atom is 0.227 e.